The van der Waals surface area contributed by atoms with E-state index in [1.165, 1.54) is 0 Å². The molecule has 1 atom stereocenters. The van der Waals surface area contributed by atoms with Crippen LogP contribution in [0.2, 0.25) is 0 Å². The maximum atomic E-state index is 11.1. The molecule has 0 aromatic heterocycles. The molecule has 1 aliphatic rings. The van der Waals surface area contributed by atoms with Crippen LogP contribution < -0.4 is 4.74 Å². The van der Waals surface area contributed by atoms with Crippen LogP contribution in [0.1, 0.15) is 26.2 Å². The van der Waals surface area contributed by atoms with Crippen molar-refractivity contribution < 1.29 is 14.6 Å². The van der Waals surface area contributed by atoms with Gasteiger partial charge in [-0.3, -0.25) is 9.69 Å². The first-order valence-electron chi connectivity index (χ1n) is 6.85. The van der Waals surface area contributed by atoms with Gasteiger partial charge in [0.05, 0.1) is 6.61 Å². The Bertz CT molecular complexity index is 403. The number of nitrogens with zero attached hydrogens (tertiary/aromatic N) is 1. The summed E-state index contributed by atoms with van der Waals surface area (Å²) in [4.78, 5) is 13.1. The zero-order valence-corrected chi connectivity index (χ0v) is 11.3. The second-order valence-electron chi connectivity index (χ2n) is 5.00. The van der Waals surface area contributed by atoms with Crippen LogP contribution in [0.25, 0.3) is 0 Å². The predicted octanol–water partition coefficient (Wildman–Crippen LogP) is 2.39. The molecule has 0 saturated heterocycles. The highest BCUT2D eigenvalue weighted by molar-refractivity contribution is 5.73. The van der Waals surface area contributed by atoms with Gasteiger partial charge in [0.1, 0.15) is 11.8 Å². The Morgan fingerprint density at radius 1 is 1.42 bits per heavy atom. The number of benzene rings is 1. The van der Waals surface area contributed by atoms with Gasteiger partial charge in [0.2, 0.25) is 0 Å². The van der Waals surface area contributed by atoms with Gasteiger partial charge in [-0.05, 0) is 38.3 Å². The van der Waals surface area contributed by atoms with E-state index in [0.29, 0.717) is 12.6 Å². The fraction of sp³-hybridized carbons (Fsp3) is 0.533. The number of hydrogen-bond acceptors (Lipinski definition) is 3. The summed E-state index contributed by atoms with van der Waals surface area (Å²) in [5.74, 6) is 0.127. The molecule has 104 valence electrons. The molecule has 1 aromatic carbocycles. The van der Waals surface area contributed by atoms with Crippen LogP contribution in [0, 0.1) is 0 Å². The van der Waals surface area contributed by atoms with Gasteiger partial charge in [-0.2, -0.15) is 0 Å². The molecule has 4 nitrogen and oxygen atoms in total. The SMILES string of the molecule is CC(C(=O)O)N(CCCOc1ccccc1)C1CC1. The average Bonchev–Trinajstić information content (AvgIpc) is 3.23. The summed E-state index contributed by atoms with van der Waals surface area (Å²) in [5, 5.41) is 9.09. The third-order valence-electron chi connectivity index (χ3n) is 3.44. The molecule has 4 heteroatoms. The van der Waals surface area contributed by atoms with Crippen LogP contribution in [-0.4, -0.2) is 41.2 Å². The summed E-state index contributed by atoms with van der Waals surface area (Å²) >= 11 is 0. The van der Waals surface area contributed by atoms with Crippen molar-refractivity contribution in [3.8, 4) is 5.75 Å². The van der Waals surface area contributed by atoms with Crippen LogP contribution >= 0.6 is 0 Å². The van der Waals surface area contributed by atoms with Crippen LogP contribution in [0.5, 0.6) is 5.75 Å². The second-order valence-corrected chi connectivity index (χ2v) is 5.00. The van der Waals surface area contributed by atoms with E-state index >= 15 is 0 Å². The predicted molar refractivity (Wildman–Crippen MR) is 73.4 cm³/mol. The van der Waals surface area contributed by atoms with Crippen molar-refractivity contribution in [2.75, 3.05) is 13.2 Å². The van der Waals surface area contributed by atoms with E-state index in [9.17, 15) is 4.79 Å². The Hall–Kier alpha value is -1.55. The minimum absolute atomic E-state index is 0.399. The molecular weight excluding hydrogens is 242 g/mol. The lowest BCUT2D eigenvalue weighted by atomic mass is 10.2. The lowest BCUT2D eigenvalue weighted by Gasteiger charge is -2.25. The highest BCUT2D eigenvalue weighted by Gasteiger charge is 2.34. The molecule has 19 heavy (non-hydrogen) atoms. The van der Waals surface area contributed by atoms with Gasteiger partial charge in [0.15, 0.2) is 0 Å². The first-order chi connectivity index (χ1) is 9.18. The molecule has 1 saturated carbocycles. The molecule has 1 aliphatic carbocycles. The largest absolute Gasteiger partial charge is 0.494 e. The van der Waals surface area contributed by atoms with E-state index in [2.05, 4.69) is 4.90 Å². The number of carbonyl (C=O) groups is 1. The maximum Gasteiger partial charge on any atom is 0.320 e. The number of para-hydroxylation sites is 1. The van der Waals surface area contributed by atoms with E-state index < -0.39 is 12.0 Å². The van der Waals surface area contributed by atoms with Crippen LogP contribution in [0.3, 0.4) is 0 Å². The topological polar surface area (TPSA) is 49.8 Å². The summed E-state index contributed by atoms with van der Waals surface area (Å²) in [6, 6.07) is 9.76. The van der Waals surface area contributed by atoms with E-state index in [0.717, 1.165) is 31.6 Å². The summed E-state index contributed by atoms with van der Waals surface area (Å²) < 4.78 is 5.62. The molecule has 0 spiro atoms. The Balaban J connectivity index is 1.72. The van der Waals surface area contributed by atoms with Crippen molar-refractivity contribution in [2.45, 2.75) is 38.3 Å². The molecule has 1 fully saturated rings. The molecule has 0 heterocycles. The van der Waals surface area contributed by atoms with Crippen LogP contribution in [0.15, 0.2) is 30.3 Å². The zero-order chi connectivity index (χ0) is 13.7. The Morgan fingerprint density at radius 3 is 2.68 bits per heavy atom. The fourth-order valence-corrected chi connectivity index (χ4v) is 2.19. The number of ether oxygens (including phenoxy) is 1. The molecule has 1 unspecified atom stereocenters. The van der Waals surface area contributed by atoms with Crippen LogP contribution in [-0.2, 0) is 4.79 Å². The van der Waals surface area contributed by atoms with Crippen molar-refractivity contribution in [3.63, 3.8) is 0 Å². The highest BCUT2D eigenvalue weighted by Crippen LogP contribution is 2.28. The fourth-order valence-electron chi connectivity index (χ4n) is 2.19. The van der Waals surface area contributed by atoms with Crippen molar-refractivity contribution >= 4 is 5.97 Å². The zero-order valence-electron chi connectivity index (χ0n) is 11.3. The Morgan fingerprint density at radius 2 is 2.11 bits per heavy atom. The number of rotatable bonds is 8. The van der Waals surface area contributed by atoms with E-state index in [1.54, 1.807) is 6.92 Å². The second kappa shape index (κ2) is 6.57. The Kier molecular flexibility index (Phi) is 4.80. The molecule has 1 aromatic rings. The lowest BCUT2D eigenvalue weighted by molar-refractivity contribution is -0.142. The van der Waals surface area contributed by atoms with Gasteiger partial charge in [-0.25, -0.2) is 0 Å². The summed E-state index contributed by atoms with van der Waals surface area (Å²) in [6.45, 7) is 3.17. The molecule has 0 amide bonds. The van der Waals surface area contributed by atoms with Crippen molar-refractivity contribution in [1.29, 1.82) is 0 Å². The lowest BCUT2D eigenvalue weighted by Crippen LogP contribution is -2.41. The maximum absolute atomic E-state index is 11.1. The number of aliphatic carboxylic acids is 1. The van der Waals surface area contributed by atoms with E-state index in [4.69, 9.17) is 9.84 Å². The molecule has 0 radical (unpaired) electrons. The highest BCUT2D eigenvalue weighted by atomic mass is 16.5. The minimum Gasteiger partial charge on any atom is -0.494 e. The van der Waals surface area contributed by atoms with Gasteiger partial charge in [-0.1, -0.05) is 18.2 Å². The number of carboxylic acids is 1. The summed E-state index contributed by atoms with van der Waals surface area (Å²) in [7, 11) is 0. The summed E-state index contributed by atoms with van der Waals surface area (Å²) in [6.07, 6.45) is 3.09. The molecule has 0 bridgehead atoms. The van der Waals surface area contributed by atoms with Crippen molar-refractivity contribution in [1.82, 2.24) is 4.90 Å². The van der Waals surface area contributed by atoms with Gasteiger partial charge in [0.25, 0.3) is 0 Å². The van der Waals surface area contributed by atoms with Gasteiger partial charge in [-0.15, -0.1) is 0 Å². The summed E-state index contributed by atoms with van der Waals surface area (Å²) in [5.41, 5.74) is 0. The van der Waals surface area contributed by atoms with Crippen LogP contribution in [0.4, 0.5) is 0 Å². The first-order valence-corrected chi connectivity index (χ1v) is 6.85. The van der Waals surface area contributed by atoms with Gasteiger partial charge in [0, 0.05) is 12.6 Å². The number of carboxylic acid groups (broad SMARTS) is 1. The smallest absolute Gasteiger partial charge is 0.320 e. The normalized spacial score (nSPS) is 16.3. The molecule has 2 rings (SSSR count). The Labute approximate surface area is 114 Å². The minimum atomic E-state index is -0.740. The van der Waals surface area contributed by atoms with Gasteiger partial charge >= 0.3 is 5.97 Å². The quantitative estimate of drug-likeness (QED) is 0.732. The molecular formula is C15H21NO3. The first kappa shape index (κ1) is 13.9. The number of hydrogen-bond donors (Lipinski definition) is 1. The van der Waals surface area contributed by atoms with Crippen molar-refractivity contribution in [2.24, 2.45) is 0 Å². The average molecular weight is 263 g/mol. The standard InChI is InChI=1S/C15H21NO3/c1-12(15(17)18)16(13-8-9-13)10-5-11-19-14-6-3-2-4-7-14/h2-4,6-7,12-13H,5,8-11H2,1H3,(H,17,18). The van der Waals surface area contributed by atoms with Crippen molar-refractivity contribution in [3.05, 3.63) is 30.3 Å². The molecule has 1 N–H and O–H groups in total. The van der Waals surface area contributed by atoms with E-state index in [-0.39, 0.29) is 0 Å². The van der Waals surface area contributed by atoms with E-state index in [1.807, 2.05) is 30.3 Å². The third-order valence-corrected chi connectivity index (χ3v) is 3.44. The molecule has 0 aliphatic heterocycles. The van der Waals surface area contributed by atoms with Gasteiger partial charge < -0.3 is 9.84 Å². The monoisotopic (exact) mass is 263 g/mol. The third kappa shape index (κ3) is 4.24.